The standard InChI is InChI=1S/C21H34O2/c1-4-16-19(23)12-18-15-6-5-13-11-14(22)7-9-20(13,2)17(15)8-10-21(16,18)3/h13-18,22H,4-12H2,1-3H3. The lowest BCUT2D eigenvalue weighted by Gasteiger charge is -2.60. The van der Waals surface area contributed by atoms with E-state index >= 15 is 0 Å². The Bertz CT molecular complexity index is 500. The number of ketones is 1. The van der Waals surface area contributed by atoms with Gasteiger partial charge in [0.15, 0.2) is 0 Å². The molecule has 0 aromatic carbocycles. The molecule has 8 unspecified atom stereocenters. The molecule has 0 aromatic rings. The quantitative estimate of drug-likeness (QED) is 0.767. The summed E-state index contributed by atoms with van der Waals surface area (Å²) in [6, 6.07) is 0. The van der Waals surface area contributed by atoms with Gasteiger partial charge in [0.25, 0.3) is 0 Å². The molecule has 0 saturated heterocycles. The molecule has 4 saturated carbocycles. The van der Waals surface area contributed by atoms with Crippen LogP contribution in [-0.4, -0.2) is 17.0 Å². The van der Waals surface area contributed by atoms with Gasteiger partial charge < -0.3 is 5.11 Å². The molecule has 0 spiro atoms. The van der Waals surface area contributed by atoms with E-state index in [1.54, 1.807) is 0 Å². The fraction of sp³-hybridized carbons (Fsp3) is 0.952. The summed E-state index contributed by atoms with van der Waals surface area (Å²) >= 11 is 0. The Labute approximate surface area is 141 Å². The lowest BCUT2D eigenvalue weighted by molar-refractivity contribution is -0.128. The summed E-state index contributed by atoms with van der Waals surface area (Å²) in [6.07, 6.45) is 10.2. The van der Waals surface area contributed by atoms with Crippen LogP contribution in [0.1, 0.15) is 78.6 Å². The molecule has 0 amide bonds. The summed E-state index contributed by atoms with van der Waals surface area (Å²) in [7, 11) is 0. The van der Waals surface area contributed by atoms with Gasteiger partial charge in [-0.1, -0.05) is 20.8 Å². The fourth-order valence-corrected chi connectivity index (χ4v) is 7.82. The van der Waals surface area contributed by atoms with Gasteiger partial charge in [0.1, 0.15) is 5.78 Å². The maximum Gasteiger partial charge on any atom is 0.136 e. The van der Waals surface area contributed by atoms with Crippen LogP contribution in [0, 0.1) is 40.4 Å². The van der Waals surface area contributed by atoms with Crippen molar-refractivity contribution in [1.29, 1.82) is 0 Å². The molecule has 4 aliphatic carbocycles. The van der Waals surface area contributed by atoms with Crippen molar-refractivity contribution in [2.24, 2.45) is 40.4 Å². The molecule has 0 aliphatic heterocycles. The highest BCUT2D eigenvalue weighted by Gasteiger charge is 2.61. The van der Waals surface area contributed by atoms with Crippen LogP contribution in [0.3, 0.4) is 0 Å². The van der Waals surface area contributed by atoms with E-state index in [9.17, 15) is 9.90 Å². The van der Waals surface area contributed by atoms with E-state index in [0.29, 0.717) is 23.0 Å². The van der Waals surface area contributed by atoms with E-state index in [2.05, 4.69) is 20.8 Å². The number of aliphatic hydroxyl groups is 1. The van der Waals surface area contributed by atoms with E-state index in [-0.39, 0.29) is 11.5 Å². The first-order valence-corrected chi connectivity index (χ1v) is 10.1. The van der Waals surface area contributed by atoms with E-state index in [1.807, 2.05) is 0 Å². The second kappa shape index (κ2) is 5.31. The number of rotatable bonds is 1. The van der Waals surface area contributed by atoms with Gasteiger partial charge in [-0.2, -0.15) is 0 Å². The largest absolute Gasteiger partial charge is 0.393 e. The Balaban J connectivity index is 1.64. The molecule has 0 radical (unpaired) electrons. The summed E-state index contributed by atoms with van der Waals surface area (Å²) < 4.78 is 0. The number of carbonyl (C=O) groups is 1. The van der Waals surface area contributed by atoms with Crippen molar-refractivity contribution in [3.63, 3.8) is 0 Å². The highest BCUT2D eigenvalue weighted by molar-refractivity contribution is 5.84. The smallest absolute Gasteiger partial charge is 0.136 e. The normalized spacial score (nSPS) is 55.9. The van der Waals surface area contributed by atoms with Crippen LogP contribution in [0.5, 0.6) is 0 Å². The predicted octanol–water partition coefficient (Wildman–Crippen LogP) is 4.60. The first-order chi connectivity index (χ1) is 10.9. The zero-order chi connectivity index (χ0) is 16.4. The van der Waals surface area contributed by atoms with Crippen LogP contribution in [0.25, 0.3) is 0 Å². The Morgan fingerprint density at radius 1 is 1.04 bits per heavy atom. The third-order valence-electron chi connectivity index (χ3n) is 9.09. The van der Waals surface area contributed by atoms with Gasteiger partial charge in [-0.25, -0.2) is 0 Å². The monoisotopic (exact) mass is 318 g/mol. The first kappa shape index (κ1) is 16.1. The number of carbonyl (C=O) groups excluding carboxylic acids is 1. The molecule has 23 heavy (non-hydrogen) atoms. The van der Waals surface area contributed by atoms with Crippen LogP contribution in [0.4, 0.5) is 0 Å². The summed E-state index contributed by atoms with van der Waals surface area (Å²) in [4.78, 5) is 12.6. The van der Waals surface area contributed by atoms with Gasteiger partial charge in [0.05, 0.1) is 6.10 Å². The SMILES string of the molecule is CCC1C(=O)CC2C3CCC4CC(O)CCC4(C)C3CCC12C. The molecule has 2 heteroatoms. The predicted molar refractivity (Wildman–Crippen MR) is 91.9 cm³/mol. The van der Waals surface area contributed by atoms with Gasteiger partial charge in [-0.15, -0.1) is 0 Å². The summed E-state index contributed by atoms with van der Waals surface area (Å²) in [5.74, 6) is 3.82. The highest BCUT2D eigenvalue weighted by atomic mass is 16.3. The molecule has 8 atom stereocenters. The maximum atomic E-state index is 12.6. The van der Waals surface area contributed by atoms with Crippen molar-refractivity contribution in [3.05, 3.63) is 0 Å². The minimum atomic E-state index is -0.0592. The molecule has 0 bridgehead atoms. The molecule has 130 valence electrons. The molecule has 1 N–H and O–H groups in total. The lowest BCUT2D eigenvalue weighted by Crippen LogP contribution is -2.53. The van der Waals surface area contributed by atoms with Gasteiger partial charge in [-0.3, -0.25) is 4.79 Å². The average molecular weight is 319 g/mol. The van der Waals surface area contributed by atoms with Crippen LogP contribution >= 0.6 is 0 Å². The number of aliphatic hydroxyl groups excluding tert-OH is 1. The van der Waals surface area contributed by atoms with Crippen LogP contribution in [-0.2, 0) is 4.79 Å². The Kier molecular flexibility index (Phi) is 3.72. The minimum Gasteiger partial charge on any atom is -0.393 e. The fourth-order valence-electron chi connectivity index (χ4n) is 7.82. The van der Waals surface area contributed by atoms with E-state index in [4.69, 9.17) is 0 Å². The van der Waals surface area contributed by atoms with Gasteiger partial charge in [0.2, 0.25) is 0 Å². The minimum absolute atomic E-state index is 0.0592. The molecule has 0 aromatic heterocycles. The Morgan fingerprint density at radius 2 is 1.78 bits per heavy atom. The second-order valence-electron chi connectivity index (χ2n) is 9.76. The highest BCUT2D eigenvalue weighted by Crippen LogP contribution is 2.67. The van der Waals surface area contributed by atoms with Crippen molar-refractivity contribution in [2.45, 2.75) is 84.7 Å². The molecular formula is C21H34O2. The third kappa shape index (κ3) is 2.12. The molecule has 4 aliphatic rings. The second-order valence-corrected chi connectivity index (χ2v) is 9.76. The zero-order valence-electron chi connectivity index (χ0n) is 15.2. The Morgan fingerprint density at radius 3 is 2.52 bits per heavy atom. The molecule has 4 rings (SSSR count). The summed E-state index contributed by atoms with van der Waals surface area (Å²) in [6.45, 7) is 7.17. The van der Waals surface area contributed by atoms with Crippen molar-refractivity contribution in [1.82, 2.24) is 0 Å². The maximum absolute atomic E-state index is 12.6. The van der Waals surface area contributed by atoms with Crippen molar-refractivity contribution in [3.8, 4) is 0 Å². The van der Waals surface area contributed by atoms with Gasteiger partial charge >= 0.3 is 0 Å². The Hall–Kier alpha value is -0.370. The lowest BCUT2D eigenvalue weighted by atomic mass is 9.44. The first-order valence-electron chi connectivity index (χ1n) is 10.1. The topological polar surface area (TPSA) is 37.3 Å². The van der Waals surface area contributed by atoms with Crippen molar-refractivity contribution in [2.75, 3.05) is 0 Å². The average Bonchev–Trinajstić information content (AvgIpc) is 2.77. The summed E-state index contributed by atoms with van der Waals surface area (Å²) in [5, 5.41) is 10.1. The third-order valence-corrected chi connectivity index (χ3v) is 9.09. The number of hydrogen-bond acceptors (Lipinski definition) is 2. The molecule has 0 heterocycles. The number of fused-ring (bicyclic) bond motifs is 5. The molecule has 2 nitrogen and oxygen atoms in total. The van der Waals surface area contributed by atoms with E-state index < -0.39 is 0 Å². The van der Waals surface area contributed by atoms with E-state index in [0.717, 1.165) is 43.4 Å². The van der Waals surface area contributed by atoms with Crippen LogP contribution in [0.15, 0.2) is 0 Å². The number of hydrogen-bond donors (Lipinski definition) is 1. The van der Waals surface area contributed by atoms with Crippen molar-refractivity contribution < 1.29 is 9.90 Å². The van der Waals surface area contributed by atoms with Crippen LogP contribution in [0.2, 0.25) is 0 Å². The summed E-state index contributed by atoms with van der Waals surface area (Å²) in [5.41, 5.74) is 0.710. The van der Waals surface area contributed by atoms with Gasteiger partial charge in [-0.05, 0) is 85.9 Å². The zero-order valence-corrected chi connectivity index (χ0v) is 15.2. The molecule has 4 fully saturated rings. The molecular weight excluding hydrogens is 284 g/mol. The number of Topliss-reactive ketones (excluding diaryl/α,β-unsaturated/α-hetero) is 1. The van der Waals surface area contributed by atoms with Crippen LogP contribution < -0.4 is 0 Å². The van der Waals surface area contributed by atoms with Crippen molar-refractivity contribution >= 4 is 5.78 Å². The van der Waals surface area contributed by atoms with E-state index in [1.165, 1.54) is 32.1 Å². The van der Waals surface area contributed by atoms with Gasteiger partial charge in [0, 0.05) is 12.3 Å².